The number of halogens is 20. The molecular formula is C10F20O3. The van der Waals surface area contributed by atoms with E-state index in [9.17, 15) is 87.8 Å². The second-order valence-electron chi connectivity index (χ2n) is 5.06. The molecule has 0 N–H and O–H groups in total. The zero-order valence-corrected chi connectivity index (χ0v) is 13.8. The summed E-state index contributed by atoms with van der Waals surface area (Å²) in [7, 11) is 0. The third-order valence-corrected chi connectivity index (χ3v) is 2.64. The first kappa shape index (κ1) is 31.2. The Balaban J connectivity index is 6.19. The molecule has 33 heavy (non-hydrogen) atoms. The van der Waals surface area contributed by atoms with Crippen LogP contribution in [0.25, 0.3) is 0 Å². The van der Waals surface area contributed by atoms with Crippen LogP contribution in [0, 0.1) is 0 Å². The van der Waals surface area contributed by atoms with Gasteiger partial charge in [0.15, 0.2) is 0 Å². The molecule has 0 aromatic rings. The van der Waals surface area contributed by atoms with Gasteiger partial charge in [0.2, 0.25) is 0 Å². The fraction of sp³-hybridized carbons (Fsp3) is 0.800. The van der Waals surface area contributed by atoms with E-state index < -0.39 is 60.7 Å². The SMILES string of the molecule is FC(F)=C(F)C(F)(F)OC(F)(F)C(F)(F)OC(F)(F)C(F)(F)C(F)(F)C(F)(F)OC(F)(F)F. The maximum absolute atomic E-state index is 13.1. The van der Waals surface area contributed by atoms with Crippen LogP contribution in [0.4, 0.5) is 87.8 Å². The van der Waals surface area contributed by atoms with Gasteiger partial charge >= 0.3 is 54.8 Å². The standard InChI is InChI=1S/C10F20O3/c11-1(2(12)13)3(14,15)31-8(24,25)9(26,27)32-6(20,21)4(16,17)5(18,19)7(22,23)33-10(28,29)30. The van der Waals surface area contributed by atoms with E-state index in [4.69, 9.17) is 0 Å². The summed E-state index contributed by atoms with van der Waals surface area (Å²) in [5.74, 6) is -20.9. The number of hydrogen-bond acceptors (Lipinski definition) is 3. The molecule has 0 heterocycles. The van der Waals surface area contributed by atoms with Crippen molar-refractivity contribution >= 4 is 0 Å². The van der Waals surface area contributed by atoms with E-state index in [0.717, 1.165) is 9.47 Å². The van der Waals surface area contributed by atoms with Crippen LogP contribution in [-0.2, 0) is 14.2 Å². The molecule has 0 saturated heterocycles. The summed E-state index contributed by atoms with van der Waals surface area (Å²) in [6, 6.07) is 0. The van der Waals surface area contributed by atoms with E-state index in [1.54, 1.807) is 0 Å². The lowest BCUT2D eigenvalue weighted by Crippen LogP contribution is -2.66. The smallest absolute Gasteiger partial charge is 0.243 e. The first-order valence-corrected chi connectivity index (χ1v) is 6.50. The second kappa shape index (κ2) is 8.46. The van der Waals surface area contributed by atoms with Crippen molar-refractivity contribution in [2.75, 3.05) is 0 Å². The third-order valence-electron chi connectivity index (χ3n) is 2.64. The molecule has 0 aliphatic carbocycles. The van der Waals surface area contributed by atoms with Gasteiger partial charge in [-0.2, -0.15) is 74.6 Å². The van der Waals surface area contributed by atoms with Crippen LogP contribution < -0.4 is 0 Å². The van der Waals surface area contributed by atoms with Gasteiger partial charge in [0.25, 0.3) is 5.83 Å². The van der Waals surface area contributed by atoms with Crippen LogP contribution in [0.5, 0.6) is 0 Å². The third kappa shape index (κ3) is 6.22. The molecule has 0 atom stereocenters. The van der Waals surface area contributed by atoms with Crippen molar-refractivity contribution in [2.24, 2.45) is 0 Å². The minimum atomic E-state index is -8.34. The lowest BCUT2D eigenvalue weighted by molar-refractivity contribution is -0.551. The number of hydrogen-bond donors (Lipinski definition) is 0. The fourth-order valence-corrected chi connectivity index (χ4v) is 1.23. The molecule has 3 nitrogen and oxygen atoms in total. The normalized spacial score (nSPS) is 15.6. The minimum absolute atomic E-state index is 1.15. The maximum Gasteiger partial charge on any atom is 0.527 e. The molecule has 0 aromatic carbocycles. The molecule has 23 heteroatoms. The topological polar surface area (TPSA) is 27.7 Å². The predicted molar refractivity (Wildman–Crippen MR) is 54.3 cm³/mol. The Labute approximate surface area is 164 Å². The first-order chi connectivity index (χ1) is 14.0. The Kier molecular flexibility index (Phi) is 8.01. The second-order valence-corrected chi connectivity index (χ2v) is 5.06. The van der Waals surface area contributed by atoms with Crippen LogP contribution in [0.3, 0.4) is 0 Å². The Morgan fingerprint density at radius 1 is 0.394 bits per heavy atom. The van der Waals surface area contributed by atoms with Crippen LogP contribution in [0.2, 0.25) is 0 Å². The number of rotatable bonds is 10. The molecular weight excluding hydrogens is 548 g/mol. The summed E-state index contributed by atoms with van der Waals surface area (Å²) in [5.41, 5.74) is 0. The van der Waals surface area contributed by atoms with Gasteiger partial charge in [0.05, 0.1) is 0 Å². The highest BCUT2D eigenvalue weighted by atomic mass is 19.4. The summed E-state index contributed by atoms with van der Waals surface area (Å²) < 4.78 is 254. The van der Waals surface area contributed by atoms with Crippen LogP contribution in [0.15, 0.2) is 11.9 Å². The van der Waals surface area contributed by atoms with Gasteiger partial charge < -0.3 is 0 Å². The van der Waals surface area contributed by atoms with Crippen LogP contribution >= 0.6 is 0 Å². The molecule has 0 aliphatic heterocycles. The molecule has 0 aliphatic rings. The number of ether oxygens (including phenoxy) is 3. The summed E-state index contributed by atoms with van der Waals surface area (Å²) in [6.07, 6.45) is -49.3. The molecule has 0 spiro atoms. The molecule has 0 radical (unpaired) electrons. The van der Waals surface area contributed by atoms with Crippen molar-refractivity contribution < 1.29 is 102 Å². The largest absolute Gasteiger partial charge is 0.527 e. The van der Waals surface area contributed by atoms with E-state index in [1.807, 2.05) is 0 Å². The van der Waals surface area contributed by atoms with Crippen molar-refractivity contribution in [1.29, 1.82) is 0 Å². The summed E-state index contributed by atoms with van der Waals surface area (Å²) in [4.78, 5) is 0. The Morgan fingerprint density at radius 2 is 0.697 bits per heavy atom. The van der Waals surface area contributed by atoms with Crippen molar-refractivity contribution in [2.45, 2.75) is 48.8 Å². The molecule has 0 aromatic heterocycles. The minimum Gasteiger partial charge on any atom is -0.243 e. The zero-order valence-electron chi connectivity index (χ0n) is 13.8. The van der Waals surface area contributed by atoms with Crippen LogP contribution in [0.1, 0.15) is 0 Å². The van der Waals surface area contributed by atoms with E-state index >= 15 is 0 Å². The van der Waals surface area contributed by atoms with Crippen molar-refractivity contribution in [3.05, 3.63) is 11.9 Å². The van der Waals surface area contributed by atoms with E-state index in [0.29, 0.717) is 0 Å². The Hall–Kier alpha value is -1.78. The Bertz CT molecular complexity index is 731. The molecule has 0 saturated carbocycles. The molecule has 0 bridgehead atoms. The Morgan fingerprint density at radius 3 is 1.00 bits per heavy atom. The van der Waals surface area contributed by atoms with E-state index in [2.05, 4.69) is 0 Å². The van der Waals surface area contributed by atoms with Gasteiger partial charge in [0, 0.05) is 0 Å². The van der Waals surface area contributed by atoms with Gasteiger partial charge in [-0.3, -0.25) is 0 Å². The lowest BCUT2D eigenvalue weighted by atomic mass is 10.1. The quantitative estimate of drug-likeness (QED) is 0.279. The monoisotopic (exact) mass is 548 g/mol. The van der Waals surface area contributed by atoms with Gasteiger partial charge in [-0.1, -0.05) is 0 Å². The lowest BCUT2D eigenvalue weighted by Gasteiger charge is -2.37. The molecule has 198 valence electrons. The van der Waals surface area contributed by atoms with E-state index in [1.165, 1.54) is 4.74 Å². The molecule has 0 rings (SSSR count). The van der Waals surface area contributed by atoms with Gasteiger partial charge in [-0.05, 0) is 0 Å². The summed E-state index contributed by atoms with van der Waals surface area (Å²) in [6.45, 7) is 0. The highest BCUT2D eigenvalue weighted by molar-refractivity contribution is 5.01. The number of alkyl halides is 17. The van der Waals surface area contributed by atoms with Crippen molar-refractivity contribution in [1.82, 2.24) is 0 Å². The van der Waals surface area contributed by atoms with Crippen LogP contribution in [-0.4, -0.2) is 48.8 Å². The average molecular weight is 548 g/mol. The average Bonchev–Trinajstić information content (AvgIpc) is 2.48. The maximum atomic E-state index is 13.1. The summed E-state index contributed by atoms with van der Waals surface area (Å²) in [5, 5.41) is 0. The predicted octanol–water partition coefficient (Wildman–Crippen LogP) is 6.87. The molecule has 0 unspecified atom stereocenters. The van der Waals surface area contributed by atoms with Gasteiger partial charge in [0.1, 0.15) is 0 Å². The zero-order chi connectivity index (χ0) is 27.3. The van der Waals surface area contributed by atoms with Crippen molar-refractivity contribution in [3.63, 3.8) is 0 Å². The first-order valence-electron chi connectivity index (χ1n) is 6.50. The highest BCUT2D eigenvalue weighted by Crippen LogP contribution is 2.56. The van der Waals surface area contributed by atoms with E-state index in [-0.39, 0.29) is 0 Å². The fourth-order valence-electron chi connectivity index (χ4n) is 1.23. The molecule has 0 fully saturated rings. The van der Waals surface area contributed by atoms with Crippen molar-refractivity contribution in [3.8, 4) is 0 Å². The summed E-state index contributed by atoms with van der Waals surface area (Å²) >= 11 is 0. The van der Waals surface area contributed by atoms with Gasteiger partial charge in [-0.25, -0.2) is 14.2 Å². The molecule has 0 amide bonds. The van der Waals surface area contributed by atoms with Gasteiger partial charge in [-0.15, -0.1) is 13.2 Å². The highest BCUT2D eigenvalue weighted by Gasteiger charge is 2.86.